The van der Waals surface area contributed by atoms with Crippen LogP contribution in [0.25, 0.3) is 16.5 Å². The Hall–Kier alpha value is -2.37. The van der Waals surface area contributed by atoms with Crippen LogP contribution in [0.2, 0.25) is 5.02 Å². The molecule has 6 heteroatoms. The quantitative estimate of drug-likeness (QED) is 0.620. The van der Waals surface area contributed by atoms with Crippen LogP contribution in [0.15, 0.2) is 48.7 Å². The number of carbonyl (C=O) groups is 1. The van der Waals surface area contributed by atoms with Gasteiger partial charge in [0.15, 0.2) is 0 Å². The molecular weight excluding hydrogens is 378 g/mol. The van der Waals surface area contributed by atoms with Crippen molar-refractivity contribution in [1.29, 1.82) is 0 Å². The highest BCUT2D eigenvalue weighted by molar-refractivity contribution is 7.16. The molecule has 27 heavy (non-hydrogen) atoms. The van der Waals surface area contributed by atoms with Gasteiger partial charge in [0.2, 0.25) is 5.91 Å². The Morgan fingerprint density at radius 1 is 1.30 bits per heavy atom. The van der Waals surface area contributed by atoms with E-state index in [1.165, 1.54) is 12.8 Å². The van der Waals surface area contributed by atoms with E-state index in [0.29, 0.717) is 6.54 Å². The molecule has 1 amide bonds. The number of hydrogen-bond donors (Lipinski definition) is 1. The van der Waals surface area contributed by atoms with E-state index >= 15 is 0 Å². The molecule has 4 nitrogen and oxygen atoms in total. The number of nitrogens with one attached hydrogen (secondary N) is 1. The maximum absolute atomic E-state index is 12.1. The molecule has 0 saturated heterocycles. The lowest BCUT2D eigenvalue weighted by molar-refractivity contribution is -0.116. The van der Waals surface area contributed by atoms with Gasteiger partial charge in [-0.3, -0.25) is 4.79 Å². The summed E-state index contributed by atoms with van der Waals surface area (Å²) in [5.41, 5.74) is 2.01. The van der Waals surface area contributed by atoms with Crippen LogP contribution >= 0.6 is 22.9 Å². The summed E-state index contributed by atoms with van der Waals surface area (Å²) in [7, 11) is 0. The zero-order chi connectivity index (χ0) is 18.6. The van der Waals surface area contributed by atoms with Gasteiger partial charge in [0.1, 0.15) is 5.82 Å². The number of thiophene rings is 1. The van der Waals surface area contributed by atoms with Crippen LogP contribution in [0.1, 0.15) is 29.2 Å². The fraction of sp³-hybridized carbons (Fsp3) is 0.238. The number of aryl methyl sites for hydroxylation is 2. The van der Waals surface area contributed by atoms with Crippen molar-refractivity contribution in [1.82, 2.24) is 14.9 Å². The standard InChI is InChI=1S/C21H20ClN3OS/c22-16-5-3-4-15(12-16)19-9-7-18(27-19)8-10-21(26)23-13-17-14-25-11-2-1-6-20(25)24-17/h3-5,7-10,12,14H,1-2,6,11,13H2,(H,23,26)/b10-8+. The zero-order valence-electron chi connectivity index (χ0n) is 14.8. The van der Waals surface area contributed by atoms with E-state index in [2.05, 4.69) is 21.1 Å². The van der Waals surface area contributed by atoms with Gasteiger partial charge in [-0.05, 0) is 48.7 Å². The van der Waals surface area contributed by atoms with Gasteiger partial charge < -0.3 is 9.88 Å². The first-order valence-electron chi connectivity index (χ1n) is 9.04. The summed E-state index contributed by atoms with van der Waals surface area (Å²) in [5, 5.41) is 3.63. The highest BCUT2D eigenvalue weighted by Crippen LogP contribution is 2.30. The summed E-state index contributed by atoms with van der Waals surface area (Å²) in [6.45, 7) is 1.49. The molecule has 1 N–H and O–H groups in total. The summed E-state index contributed by atoms with van der Waals surface area (Å²) in [5.74, 6) is 1.02. The van der Waals surface area contributed by atoms with Crippen LogP contribution in [0.4, 0.5) is 0 Å². The molecule has 0 radical (unpaired) electrons. The van der Waals surface area contributed by atoms with Crippen molar-refractivity contribution < 1.29 is 4.79 Å². The number of carbonyl (C=O) groups excluding carboxylic acids is 1. The second-order valence-corrected chi connectivity index (χ2v) is 8.11. The maximum Gasteiger partial charge on any atom is 0.244 e. The van der Waals surface area contributed by atoms with Crippen LogP contribution < -0.4 is 5.32 Å². The Morgan fingerprint density at radius 2 is 2.22 bits per heavy atom. The third-order valence-electron chi connectivity index (χ3n) is 4.54. The minimum absolute atomic E-state index is 0.112. The molecule has 0 spiro atoms. The van der Waals surface area contributed by atoms with Crippen LogP contribution in [0.3, 0.4) is 0 Å². The number of nitrogens with zero attached hydrogens (tertiary/aromatic N) is 2. The summed E-state index contributed by atoms with van der Waals surface area (Å²) in [6, 6.07) is 11.8. The van der Waals surface area contributed by atoms with Crippen molar-refractivity contribution in [3.63, 3.8) is 0 Å². The van der Waals surface area contributed by atoms with Crippen LogP contribution in [-0.4, -0.2) is 15.5 Å². The third-order valence-corrected chi connectivity index (χ3v) is 5.87. The van der Waals surface area contributed by atoms with Crippen molar-refractivity contribution in [2.75, 3.05) is 0 Å². The van der Waals surface area contributed by atoms with Gasteiger partial charge in [0.25, 0.3) is 0 Å². The number of benzene rings is 1. The molecule has 2 aromatic heterocycles. The van der Waals surface area contributed by atoms with Crippen LogP contribution in [0, 0.1) is 0 Å². The normalized spacial score (nSPS) is 13.7. The molecule has 1 aromatic carbocycles. The first-order valence-corrected chi connectivity index (χ1v) is 10.2. The smallest absolute Gasteiger partial charge is 0.244 e. The number of amides is 1. The highest BCUT2D eigenvalue weighted by Gasteiger charge is 2.12. The van der Waals surface area contributed by atoms with Crippen molar-refractivity contribution in [2.45, 2.75) is 32.4 Å². The van der Waals surface area contributed by atoms with Gasteiger partial charge >= 0.3 is 0 Å². The van der Waals surface area contributed by atoms with E-state index in [1.54, 1.807) is 17.4 Å². The highest BCUT2D eigenvalue weighted by atomic mass is 35.5. The molecule has 0 fully saturated rings. The number of fused-ring (bicyclic) bond motifs is 1. The average Bonchev–Trinajstić information content (AvgIpc) is 3.31. The van der Waals surface area contributed by atoms with E-state index < -0.39 is 0 Å². The molecule has 0 saturated carbocycles. The summed E-state index contributed by atoms with van der Waals surface area (Å²) < 4.78 is 2.20. The van der Waals surface area contributed by atoms with E-state index in [4.69, 9.17) is 11.6 Å². The van der Waals surface area contributed by atoms with Crippen LogP contribution in [0.5, 0.6) is 0 Å². The summed E-state index contributed by atoms with van der Waals surface area (Å²) in [6.07, 6.45) is 8.89. The van der Waals surface area contributed by atoms with Gasteiger partial charge in [-0.2, -0.15) is 0 Å². The number of imidazole rings is 1. The number of rotatable bonds is 5. The third kappa shape index (κ3) is 4.49. The lowest BCUT2D eigenvalue weighted by Gasteiger charge is -2.11. The van der Waals surface area contributed by atoms with Crippen molar-refractivity contribution in [2.24, 2.45) is 0 Å². The Morgan fingerprint density at radius 3 is 3.07 bits per heavy atom. The zero-order valence-corrected chi connectivity index (χ0v) is 16.4. The molecule has 138 valence electrons. The molecule has 1 aliphatic rings. The molecular formula is C21H20ClN3OS. The molecule has 0 atom stereocenters. The number of hydrogen-bond acceptors (Lipinski definition) is 3. The molecule has 3 aromatic rings. The number of halogens is 1. The molecule has 4 rings (SSSR count). The second-order valence-electron chi connectivity index (χ2n) is 6.56. The summed E-state index contributed by atoms with van der Waals surface area (Å²) >= 11 is 7.68. The first kappa shape index (κ1) is 18.0. The Labute approximate surface area is 167 Å². The topological polar surface area (TPSA) is 46.9 Å². The SMILES string of the molecule is O=C(/C=C/c1ccc(-c2cccc(Cl)c2)s1)NCc1cn2c(n1)CCCC2. The van der Waals surface area contributed by atoms with E-state index in [1.807, 2.05) is 42.5 Å². The minimum atomic E-state index is -0.112. The lowest BCUT2D eigenvalue weighted by atomic mass is 10.2. The molecule has 3 heterocycles. The largest absolute Gasteiger partial charge is 0.347 e. The molecule has 1 aliphatic heterocycles. The van der Waals surface area contributed by atoms with Gasteiger partial charge in [0, 0.05) is 40.0 Å². The fourth-order valence-electron chi connectivity index (χ4n) is 3.19. The molecule has 0 aliphatic carbocycles. The van der Waals surface area contributed by atoms with Crippen LogP contribution in [-0.2, 0) is 24.3 Å². The van der Waals surface area contributed by atoms with Gasteiger partial charge in [-0.15, -0.1) is 11.3 Å². The van der Waals surface area contributed by atoms with Gasteiger partial charge in [-0.25, -0.2) is 4.98 Å². The van der Waals surface area contributed by atoms with E-state index in [0.717, 1.165) is 44.8 Å². The predicted molar refractivity (Wildman–Crippen MR) is 111 cm³/mol. The summed E-state index contributed by atoms with van der Waals surface area (Å²) in [4.78, 5) is 18.9. The van der Waals surface area contributed by atoms with Crippen molar-refractivity contribution in [3.8, 4) is 10.4 Å². The van der Waals surface area contributed by atoms with Gasteiger partial charge in [0.05, 0.1) is 12.2 Å². The monoisotopic (exact) mass is 397 g/mol. The first-order chi connectivity index (χ1) is 13.2. The van der Waals surface area contributed by atoms with Crippen molar-refractivity contribution in [3.05, 3.63) is 70.1 Å². The molecule has 0 bridgehead atoms. The van der Waals surface area contributed by atoms with E-state index in [9.17, 15) is 4.79 Å². The average molecular weight is 398 g/mol. The van der Waals surface area contributed by atoms with Gasteiger partial charge in [-0.1, -0.05) is 23.7 Å². The second kappa shape index (κ2) is 8.11. The Balaban J connectivity index is 1.34. The fourth-order valence-corrected chi connectivity index (χ4v) is 4.29. The molecule has 0 unspecified atom stereocenters. The van der Waals surface area contributed by atoms with Crippen molar-refractivity contribution >= 4 is 34.9 Å². The Bertz CT molecular complexity index is 965. The number of aromatic nitrogens is 2. The minimum Gasteiger partial charge on any atom is -0.347 e. The lowest BCUT2D eigenvalue weighted by Crippen LogP contribution is -2.20. The Kier molecular flexibility index (Phi) is 5.41. The van der Waals surface area contributed by atoms with E-state index in [-0.39, 0.29) is 5.91 Å². The maximum atomic E-state index is 12.1. The predicted octanol–water partition coefficient (Wildman–Crippen LogP) is 4.93.